The van der Waals surface area contributed by atoms with Crippen LogP contribution in [0.4, 0.5) is 5.69 Å². The van der Waals surface area contributed by atoms with E-state index < -0.39 is 10.0 Å². The quantitative estimate of drug-likeness (QED) is 0.834. The number of nitrogens with zero attached hydrogens (tertiary/aromatic N) is 2. The minimum Gasteiger partial charge on any atom is -0.278 e. The third kappa shape index (κ3) is 2.66. The first-order chi connectivity index (χ1) is 8.40. The molecule has 0 radical (unpaired) electrons. The summed E-state index contributed by atoms with van der Waals surface area (Å²) in [5.41, 5.74) is 1.46. The van der Waals surface area contributed by atoms with Crippen molar-refractivity contribution in [3.05, 3.63) is 39.6 Å². The van der Waals surface area contributed by atoms with E-state index in [2.05, 4.69) is 32.4 Å². The average molecular weight is 377 g/mol. The summed E-state index contributed by atoms with van der Waals surface area (Å²) < 4.78 is 29.2. The molecule has 1 heterocycles. The molecular formula is C11H12IN3O2S. The van der Waals surface area contributed by atoms with Crippen LogP contribution in [0.25, 0.3) is 0 Å². The molecule has 96 valence electrons. The maximum absolute atomic E-state index is 12.2. The van der Waals surface area contributed by atoms with Crippen LogP contribution in [0, 0.1) is 10.5 Å². The maximum Gasteiger partial charge on any atom is 0.279 e. The van der Waals surface area contributed by atoms with Crippen LogP contribution in [0.3, 0.4) is 0 Å². The smallest absolute Gasteiger partial charge is 0.278 e. The van der Waals surface area contributed by atoms with Gasteiger partial charge in [-0.15, -0.1) is 0 Å². The highest BCUT2D eigenvalue weighted by Crippen LogP contribution is 2.21. The molecule has 0 fully saturated rings. The highest BCUT2D eigenvalue weighted by atomic mass is 127. The summed E-state index contributed by atoms with van der Waals surface area (Å²) in [7, 11) is -2.00. The van der Waals surface area contributed by atoms with Gasteiger partial charge in [-0.1, -0.05) is 6.07 Å². The number of benzene rings is 1. The van der Waals surface area contributed by atoms with Crippen LogP contribution in [0.5, 0.6) is 0 Å². The van der Waals surface area contributed by atoms with Crippen LogP contribution in [0.2, 0.25) is 0 Å². The van der Waals surface area contributed by atoms with E-state index in [1.54, 1.807) is 13.1 Å². The summed E-state index contributed by atoms with van der Waals surface area (Å²) in [5.74, 6) is 0. The molecule has 2 rings (SSSR count). The molecule has 0 bridgehead atoms. The summed E-state index contributed by atoms with van der Waals surface area (Å²) >= 11 is 2.14. The molecule has 1 aromatic carbocycles. The van der Waals surface area contributed by atoms with Crippen molar-refractivity contribution >= 4 is 38.3 Å². The summed E-state index contributed by atoms with van der Waals surface area (Å²) in [6, 6.07) is 7.07. The molecule has 2 aromatic rings. The van der Waals surface area contributed by atoms with Crippen molar-refractivity contribution in [2.75, 3.05) is 4.72 Å². The van der Waals surface area contributed by atoms with Gasteiger partial charge in [0.05, 0.1) is 11.9 Å². The molecule has 0 aliphatic heterocycles. The van der Waals surface area contributed by atoms with E-state index in [1.807, 2.05) is 19.1 Å². The molecule has 0 unspecified atom stereocenters. The second kappa shape index (κ2) is 4.88. The van der Waals surface area contributed by atoms with Gasteiger partial charge in [-0.3, -0.25) is 9.40 Å². The molecule has 1 aromatic heterocycles. The Morgan fingerprint density at radius 3 is 2.67 bits per heavy atom. The van der Waals surface area contributed by atoms with Crippen molar-refractivity contribution in [2.24, 2.45) is 7.05 Å². The van der Waals surface area contributed by atoms with E-state index in [4.69, 9.17) is 0 Å². The van der Waals surface area contributed by atoms with Crippen LogP contribution in [-0.2, 0) is 17.1 Å². The fourth-order valence-corrected chi connectivity index (χ4v) is 3.27. The lowest BCUT2D eigenvalue weighted by Gasteiger charge is -2.10. The van der Waals surface area contributed by atoms with E-state index in [1.165, 1.54) is 16.9 Å². The monoisotopic (exact) mass is 377 g/mol. The lowest BCUT2D eigenvalue weighted by molar-refractivity contribution is 0.582. The van der Waals surface area contributed by atoms with Crippen LogP contribution in [0.15, 0.2) is 35.5 Å². The fraction of sp³-hybridized carbons (Fsp3) is 0.182. The van der Waals surface area contributed by atoms with Gasteiger partial charge >= 0.3 is 0 Å². The zero-order valence-corrected chi connectivity index (χ0v) is 12.9. The molecule has 7 heteroatoms. The number of nitrogens with one attached hydrogen (secondary N) is 1. The Morgan fingerprint density at radius 1 is 1.33 bits per heavy atom. The number of anilines is 1. The first-order valence-electron chi connectivity index (χ1n) is 5.17. The normalized spacial score (nSPS) is 11.5. The number of hydrogen-bond donors (Lipinski definition) is 1. The predicted molar refractivity (Wildman–Crippen MR) is 77.9 cm³/mol. The molecule has 0 amide bonds. The Bertz CT molecular complexity index is 679. The number of aromatic nitrogens is 2. The first kappa shape index (κ1) is 13.3. The van der Waals surface area contributed by atoms with E-state index in [0.29, 0.717) is 5.69 Å². The van der Waals surface area contributed by atoms with E-state index in [9.17, 15) is 8.42 Å². The summed E-state index contributed by atoms with van der Waals surface area (Å²) in [4.78, 5) is 0. The summed E-state index contributed by atoms with van der Waals surface area (Å²) in [6.45, 7) is 1.86. The molecule has 0 saturated heterocycles. The van der Waals surface area contributed by atoms with Gasteiger partial charge in [0.15, 0.2) is 5.03 Å². The SMILES string of the molecule is Cc1ccc(I)cc1NS(=O)(=O)c1ccnn1C. The zero-order chi connectivity index (χ0) is 13.3. The Balaban J connectivity index is 2.40. The second-order valence-electron chi connectivity index (χ2n) is 3.86. The molecule has 5 nitrogen and oxygen atoms in total. The van der Waals surface area contributed by atoms with Crippen molar-refractivity contribution in [2.45, 2.75) is 11.9 Å². The number of halogens is 1. The van der Waals surface area contributed by atoms with Crippen LogP contribution in [0.1, 0.15) is 5.56 Å². The van der Waals surface area contributed by atoms with Gasteiger partial charge in [-0.05, 0) is 53.3 Å². The molecule has 0 atom stereocenters. The van der Waals surface area contributed by atoms with E-state index in [0.717, 1.165) is 9.13 Å². The average Bonchev–Trinajstić information content (AvgIpc) is 2.70. The first-order valence-corrected chi connectivity index (χ1v) is 7.73. The van der Waals surface area contributed by atoms with E-state index in [-0.39, 0.29) is 5.03 Å². The minimum atomic E-state index is -3.59. The van der Waals surface area contributed by atoms with Crippen LogP contribution in [-0.4, -0.2) is 18.2 Å². The van der Waals surface area contributed by atoms with Crippen molar-refractivity contribution in [3.8, 4) is 0 Å². The van der Waals surface area contributed by atoms with Crippen LogP contribution < -0.4 is 4.72 Å². The lowest BCUT2D eigenvalue weighted by atomic mass is 10.2. The van der Waals surface area contributed by atoms with Gasteiger partial charge < -0.3 is 0 Å². The van der Waals surface area contributed by atoms with Crippen LogP contribution >= 0.6 is 22.6 Å². The van der Waals surface area contributed by atoms with Crippen molar-refractivity contribution < 1.29 is 8.42 Å². The Morgan fingerprint density at radius 2 is 2.06 bits per heavy atom. The van der Waals surface area contributed by atoms with E-state index >= 15 is 0 Å². The highest BCUT2D eigenvalue weighted by molar-refractivity contribution is 14.1. The Hall–Kier alpha value is -1.09. The van der Waals surface area contributed by atoms with Crippen molar-refractivity contribution in [1.82, 2.24) is 9.78 Å². The third-order valence-corrected chi connectivity index (χ3v) is 4.61. The minimum absolute atomic E-state index is 0.140. The van der Waals surface area contributed by atoms with Gasteiger partial charge in [0, 0.05) is 10.6 Å². The number of aryl methyl sites for hydroxylation is 2. The molecule has 0 saturated carbocycles. The Labute approximate surface area is 119 Å². The molecular weight excluding hydrogens is 365 g/mol. The van der Waals surface area contributed by atoms with Gasteiger partial charge in [0.2, 0.25) is 0 Å². The van der Waals surface area contributed by atoms with Gasteiger partial charge in [0.25, 0.3) is 10.0 Å². The molecule has 18 heavy (non-hydrogen) atoms. The largest absolute Gasteiger partial charge is 0.279 e. The molecule has 0 aliphatic rings. The standard InChI is InChI=1S/C11H12IN3O2S/c1-8-3-4-9(12)7-10(8)14-18(16,17)11-5-6-13-15(11)2/h3-7,14H,1-2H3. The van der Waals surface area contributed by atoms with Crippen molar-refractivity contribution in [3.63, 3.8) is 0 Å². The summed E-state index contributed by atoms with van der Waals surface area (Å²) in [6.07, 6.45) is 1.45. The molecule has 0 spiro atoms. The fourth-order valence-electron chi connectivity index (χ4n) is 1.53. The van der Waals surface area contributed by atoms with Gasteiger partial charge in [-0.2, -0.15) is 13.5 Å². The maximum atomic E-state index is 12.2. The summed E-state index contributed by atoms with van der Waals surface area (Å²) in [5, 5.41) is 4.00. The van der Waals surface area contributed by atoms with Gasteiger partial charge in [0.1, 0.15) is 0 Å². The second-order valence-corrected chi connectivity index (χ2v) is 6.73. The number of sulfonamides is 1. The number of rotatable bonds is 3. The van der Waals surface area contributed by atoms with Crippen molar-refractivity contribution in [1.29, 1.82) is 0 Å². The zero-order valence-electron chi connectivity index (χ0n) is 9.88. The molecule has 0 aliphatic carbocycles. The third-order valence-electron chi connectivity index (χ3n) is 2.50. The lowest BCUT2D eigenvalue weighted by Crippen LogP contribution is -2.17. The molecule has 1 N–H and O–H groups in total. The highest BCUT2D eigenvalue weighted by Gasteiger charge is 2.18. The predicted octanol–water partition coefficient (Wildman–Crippen LogP) is 2.13. The Kier molecular flexibility index (Phi) is 3.62. The van der Waals surface area contributed by atoms with Gasteiger partial charge in [-0.25, -0.2) is 0 Å². The number of hydrogen-bond acceptors (Lipinski definition) is 3. The topological polar surface area (TPSA) is 64.0 Å².